The lowest BCUT2D eigenvalue weighted by atomic mass is 10.1. The predicted octanol–water partition coefficient (Wildman–Crippen LogP) is 2.34. The first-order valence-electron chi connectivity index (χ1n) is 7.22. The molecule has 6 heteroatoms. The van der Waals surface area contributed by atoms with Crippen LogP contribution in [0.15, 0.2) is 34.9 Å². The van der Waals surface area contributed by atoms with Crippen molar-refractivity contribution in [3.05, 3.63) is 47.3 Å². The van der Waals surface area contributed by atoms with Crippen molar-refractivity contribution in [2.75, 3.05) is 12.3 Å². The average Bonchev–Trinajstić information content (AvgIpc) is 3.11. The minimum Gasteiger partial charge on any atom is -0.488 e. The van der Waals surface area contributed by atoms with Crippen LogP contribution in [0.5, 0.6) is 5.75 Å². The summed E-state index contributed by atoms with van der Waals surface area (Å²) in [6.45, 7) is 2.42. The Morgan fingerprint density at radius 1 is 1.45 bits per heavy atom. The standard InChI is InChI=1S/C16H18N2O3S/c1-11-6-14(21-18-11)9-22-10-16(19)17-8-13-7-12-4-2-3-5-15(12)20-13/h2-6,13H,7-10H2,1H3,(H,17,19). The van der Waals surface area contributed by atoms with E-state index < -0.39 is 0 Å². The van der Waals surface area contributed by atoms with E-state index in [-0.39, 0.29) is 12.0 Å². The molecule has 0 spiro atoms. The van der Waals surface area contributed by atoms with E-state index in [0.717, 1.165) is 23.6 Å². The lowest BCUT2D eigenvalue weighted by Crippen LogP contribution is -2.35. The summed E-state index contributed by atoms with van der Waals surface area (Å²) in [6, 6.07) is 9.87. The Bertz CT molecular complexity index is 631. The van der Waals surface area contributed by atoms with Gasteiger partial charge in [-0.25, -0.2) is 0 Å². The molecule has 0 aliphatic carbocycles. The fraction of sp³-hybridized carbons (Fsp3) is 0.375. The number of hydrogen-bond acceptors (Lipinski definition) is 5. The third-order valence-corrected chi connectivity index (χ3v) is 4.35. The molecule has 1 atom stereocenters. The molecule has 0 saturated carbocycles. The van der Waals surface area contributed by atoms with Crippen molar-refractivity contribution in [3.63, 3.8) is 0 Å². The van der Waals surface area contributed by atoms with Crippen LogP contribution in [0, 0.1) is 6.92 Å². The first kappa shape index (κ1) is 15.0. The van der Waals surface area contributed by atoms with Crippen LogP contribution in [0.4, 0.5) is 0 Å². The molecule has 1 N–H and O–H groups in total. The Morgan fingerprint density at radius 2 is 2.32 bits per heavy atom. The minimum atomic E-state index is 0.0146. The minimum absolute atomic E-state index is 0.0146. The van der Waals surface area contributed by atoms with Crippen LogP contribution in [-0.4, -0.2) is 29.5 Å². The van der Waals surface area contributed by atoms with E-state index in [1.807, 2.05) is 31.2 Å². The van der Waals surface area contributed by atoms with Gasteiger partial charge in [0.05, 0.1) is 23.7 Å². The van der Waals surface area contributed by atoms with E-state index in [1.165, 1.54) is 17.3 Å². The number of benzene rings is 1. The molecule has 2 heterocycles. The lowest BCUT2D eigenvalue weighted by molar-refractivity contribution is -0.118. The number of amides is 1. The summed E-state index contributed by atoms with van der Waals surface area (Å²) in [7, 11) is 0. The van der Waals surface area contributed by atoms with Crippen LogP contribution in [0.25, 0.3) is 0 Å². The number of fused-ring (bicyclic) bond motifs is 1. The summed E-state index contributed by atoms with van der Waals surface area (Å²) in [5, 5.41) is 6.74. The molecular formula is C16H18N2O3S. The molecule has 0 radical (unpaired) electrons. The van der Waals surface area contributed by atoms with Gasteiger partial charge in [0.1, 0.15) is 17.6 Å². The van der Waals surface area contributed by atoms with Gasteiger partial charge in [0.15, 0.2) is 0 Å². The van der Waals surface area contributed by atoms with Crippen LogP contribution >= 0.6 is 11.8 Å². The normalized spacial score (nSPS) is 16.1. The molecule has 1 unspecified atom stereocenters. The Morgan fingerprint density at radius 3 is 3.09 bits per heavy atom. The molecule has 0 saturated heterocycles. The number of hydrogen-bond donors (Lipinski definition) is 1. The van der Waals surface area contributed by atoms with Crippen molar-refractivity contribution in [3.8, 4) is 5.75 Å². The SMILES string of the molecule is Cc1cc(CSCC(=O)NCC2Cc3ccccc3O2)on1. The van der Waals surface area contributed by atoms with Gasteiger partial charge in [-0.3, -0.25) is 4.79 Å². The van der Waals surface area contributed by atoms with E-state index in [1.54, 1.807) is 0 Å². The fourth-order valence-corrected chi connectivity index (χ4v) is 3.10. The summed E-state index contributed by atoms with van der Waals surface area (Å²) in [5.74, 6) is 2.79. The molecule has 3 rings (SSSR count). The molecule has 0 bridgehead atoms. The monoisotopic (exact) mass is 318 g/mol. The van der Waals surface area contributed by atoms with Crippen molar-refractivity contribution in [2.24, 2.45) is 0 Å². The second-order valence-corrected chi connectivity index (χ2v) is 6.27. The van der Waals surface area contributed by atoms with Crippen LogP contribution in [-0.2, 0) is 17.0 Å². The number of carbonyl (C=O) groups is 1. The highest BCUT2D eigenvalue weighted by Gasteiger charge is 2.22. The van der Waals surface area contributed by atoms with Gasteiger partial charge in [0.25, 0.3) is 0 Å². The smallest absolute Gasteiger partial charge is 0.230 e. The Balaban J connectivity index is 1.35. The van der Waals surface area contributed by atoms with Crippen molar-refractivity contribution in [1.29, 1.82) is 0 Å². The summed E-state index contributed by atoms with van der Waals surface area (Å²) in [6.07, 6.45) is 0.879. The molecular weight excluding hydrogens is 300 g/mol. The third kappa shape index (κ3) is 3.82. The maximum Gasteiger partial charge on any atom is 0.230 e. The van der Waals surface area contributed by atoms with Crippen molar-refractivity contribution >= 4 is 17.7 Å². The number of nitrogens with one attached hydrogen (secondary N) is 1. The predicted molar refractivity (Wildman–Crippen MR) is 85.0 cm³/mol. The Hall–Kier alpha value is -1.95. The molecule has 1 aliphatic heterocycles. The number of carbonyl (C=O) groups excluding carboxylic acids is 1. The van der Waals surface area contributed by atoms with Gasteiger partial charge in [-0.2, -0.15) is 0 Å². The molecule has 22 heavy (non-hydrogen) atoms. The van der Waals surface area contributed by atoms with Gasteiger partial charge in [-0.15, -0.1) is 11.8 Å². The highest BCUT2D eigenvalue weighted by Crippen LogP contribution is 2.27. The van der Waals surface area contributed by atoms with Crippen molar-refractivity contribution < 1.29 is 14.1 Å². The molecule has 0 fully saturated rings. The maximum absolute atomic E-state index is 11.8. The maximum atomic E-state index is 11.8. The molecule has 1 aliphatic rings. The van der Waals surface area contributed by atoms with E-state index in [2.05, 4.69) is 16.5 Å². The van der Waals surface area contributed by atoms with Gasteiger partial charge in [0.2, 0.25) is 5.91 Å². The number of para-hydroxylation sites is 1. The van der Waals surface area contributed by atoms with E-state index in [4.69, 9.17) is 9.26 Å². The second kappa shape index (κ2) is 6.87. The summed E-state index contributed by atoms with van der Waals surface area (Å²) < 4.78 is 10.9. The number of ether oxygens (including phenoxy) is 1. The van der Waals surface area contributed by atoms with E-state index >= 15 is 0 Å². The molecule has 116 valence electrons. The third-order valence-electron chi connectivity index (χ3n) is 3.39. The average molecular weight is 318 g/mol. The quantitative estimate of drug-likeness (QED) is 0.885. The number of nitrogens with zero attached hydrogens (tertiary/aromatic N) is 1. The zero-order valence-corrected chi connectivity index (χ0v) is 13.2. The van der Waals surface area contributed by atoms with Gasteiger partial charge in [0, 0.05) is 12.5 Å². The number of aryl methyl sites for hydroxylation is 1. The summed E-state index contributed by atoms with van der Waals surface area (Å²) in [4.78, 5) is 11.8. The van der Waals surface area contributed by atoms with Gasteiger partial charge in [-0.1, -0.05) is 23.4 Å². The van der Waals surface area contributed by atoms with Crippen LogP contribution < -0.4 is 10.1 Å². The van der Waals surface area contributed by atoms with Gasteiger partial charge in [-0.05, 0) is 18.6 Å². The van der Waals surface area contributed by atoms with Gasteiger partial charge < -0.3 is 14.6 Å². The highest BCUT2D eigenvalue weighted by molar-refractivity contribution is 7.99. The highest BCUT2D eigenvalue weighted by atomic mass is 32.2. The zero-order valence-electron chi connectivity index (χ0n) is 12.4. The van der Waals surface area contributed by atoms with Gasteiger partial charge >= 0.3 is 0 Å². The van der Waals surface area contributed by atoms with Crippen molar-refractivity contribution in [2.45, 2.75) is 25.2 Å². The molecule has 1 aromatic heterocycles. The molecule has 1 amide bonds. The topological polar surface area (TPSA) is 64.4 Å². The molecule has 1 aromatic carbocycles. The van der Waals surface area contributed by atoms with Crippen LogP contribution in [0.1, 0.15) is 17.0 Å². The van der Waals surface area contributed by atoms with E-state index in [9.17, 15) is 4.79 Å². The van der Waals surface area contributed by atoms with Crippen LogP contribution in [0.3, 0.4) is 0 Å². The summed E-state index contributed by atoms with van der Waals surface area (Å²) >= 11 is 1.51. The van der Waals surface area contributed by atoms with E-state index in [0.29, 0.717) is 18.1 Å². The number of rotatable bonds is 6. The zero-order chi connectivity index (χ0) is 15.4. The van der Waals surface area contributed by atoms with Crippen molar-refractivity contribution in [1.82, 2.24) is 10.5 Å². The summed E-state index contributed by atoms with van der Waals surface area (Å²) in [5.41, 5.74) is 2.06. The molecule has 5 nitrogen and oxygen atoms in total. The first-order valence-corrected chi connectivity index (χ1v) is 8.37. The first-order chi connectivity index (χ1) is 10.7. The Labute approximate surface area is 133 Å². The number of aromatic nitrogens is 1. The lowest BCUT2D eigenvalue weighted by Gasteiger charge is -2.11. The Kier molecular flexibility index (Phi) is 4.68. The fourth-order valence-electron chi connectivity index (χ4n) is 2.38. The molecule has 2 aromatic rings. The largest absolute Gasteiger partial charge is 0.488 e. The number of thioether (sulfide) groups is 1. The second-order valence-electron chi connectivity index (χ2n) is 5.28. The van der Waals surface area contributed by atoms with Crippen LogP contribution in [0.2, 0.25) is 0 Å².